The molecule has 1 aromatic heterocycles. The highest BCUT2D eigenvalue weighted by Crippen LogP contribution is 2.22. The summed E-state index contributed by atoms with van der Waals surface area (Å²) in [5, 5.41) is 17.3. The van der Waals surface area contributed by atoms with Crippen LogP contribution in [0.2, 0.25) is 0 Å². The zero-order chi connectivity index (χ0) is 10.8. The van der Waals surface area contributed by atoms with E-state index >= 15 is 0 Å². The van der Waals surface area contributed by atoms with Crippen LogP contribution < -0.4 is 0 Å². The maximum atomic E-state index is 9.80. The third kappa shape index (κ3) is 2.80. The minimum absolute atomic E-state index is 0.0783. The highest BCUT2D eigenvalue weighted by atomic mass is 16.6. The van der Waals surface area contributed by atoms with Gasteiger partial charge in [-0.1, -0.05) is 31.1 Å². The Morgan fingerprint density at radius 2 is 2.00 bits per heavy atom. The molecule has 0 aliphatic carbocycles. The Morgan fingerprint density at radius 3 is 2.43 bits per heavy atom. The summed E-state index contributed by atoms with van der Waals surface area (Å²) in [5.41, 5.74) is 1.57. The molecule has 0 amide bonds. The van der Waals surface area contributed by atoms with Crippen molar-refractivity contribution in [3.8, 4) is 0 Å². The zero-order valence-electron chi connectivity index (χ0n) is 9.24. The summed E-state index contributed by atoms with van der Waals surface area (Å²) < 4.78 is 4.58. The average molecular weight is 198 g/mol. The number of nitrogens with zero attached hydrogens (tertiary/aromatic N) is 2. The summed E-state index contributed by atoms with van der Waals surface area (Å²) in [7, 11) is 0. The predicted octanol–water partition coefficient (Wildman–Crippen LogP) is 1.72. The van der Waals surface area contributed by atoms with Crippen LogP contribution in [-0.2, 0) is 6.42 Å². The summed E-state index contributed by atoms with van der Waals surface area (Å²) in [6, 6.07) is 0. The molecule has 0 spiro atoms. The Morgan fingerprint density at radius 1 is 1.36 bits per heavy atom. The van der Waals surface area contributed by atoms with E-state index in [1.165, 1.54) is 0 Å². The van der Waals surface area contributed by atoms with Gasteiger partial charge in [0.15, 0.2) is 0 Å². The Kier molecular flexibility index (Phi) is 3.26. The smallest absolute Gasteiger partial charge is 0.108 e. The molecule has 14 heavy (non-hydrogen) atoms. The molecule has 0 bridgehead atoms. The van der Waals surface area contributed by atoms with E-state index in [9.17, 15) is 5.11 Å². The standard InChI is InChI=1S/C10H18N2O2/c1-7-8(12-14-11-7)5-6-9(13)10(2,3)4/h9,13H,5-6H2,1-4H3. The summed E-state index contributed by atoms with van der Waals surface area (Å²) in [5.74, 6) is 0. The molecule has 80 valence electrons. The topological polar surface area (TPSA) is 59.2 Å². The first-order valence-corrected chi connectivity index (χ1v) is 4.87. The molecule has 0 saturated heterocycles. The van der Waals surface area contributed by atoms with Gasteiger partial charge in [0.1, 0.15) is 11.4 Å². The molecular formula is C10H18N2O2. The number of aliphatic hydroxyl groups is 1. The van der Waals surface area contributed by atoms with Crippen molar-refractivity contribution in [1.82, 2.24) is 10.3 Å². The van der Waals surface area contributed by atoms with E-state index in [4.69, 9.17) is 0 Å². The lowest BCUT2D eigenvalue weighted by molar-refractivity contribution is 0.0556. The molecule has 1 heterocycles. The van der Waals surface area contributed by atoms with E-state index in [-0.39, 0.29) is 11.5 Å². The summed E-state index contributed by atoms with van der Waals surface area (Å²) in [6.07, 6.45) is 1.09. The molecule has 1 rings (SSSR count). The highest BCUT2D eigenvalue weighted by Gasteiger charge is 2.22. The Bertz CT molecular complexity index is 289. The van der Waals surface area contributed by atoms with Crippen molar-refractivity contribution < 1.29 is 9.74 Å². The van der Waals surface area contributed by atoms with Crippen LogP contribution in [0.3, 0.4) is 0 Å². The summed E-state index contributed by atoms with van der Waals surface area (Å²) in [4.78, 5) is 0. The molecule has 0 fully saturated rings. The third-order valence-electron chi connectivity index (χ3n) is 2.40. The van der Waals surface area contributed by atoms with Crippen LogP contribution in [0.1, 0.15) is 38.6 Å². The van der Waals surface area contributed by atoms with Crippen molar-refractivity contribution in [3.63, 3.8) is 0 Å². The third-order valence-corrected chi connectivity index (χ3v) is 2.40. The number of aliphatic hydroxyl groups excluding tert-OH is 1. The average Bonchev–Trinajstić information content (AvgIpc) is 2.45. The molecule has 0 aliphatic rings. The first-order valence-electron chi connectivity index (χ1n) is 4.87. The molecule has 1 atom stereocenters. The largest absolute Gasteiger partial charge is 0.393 e. The summed E-state index contributed by atoms with van der Waals surface area (Å²) in [6.45, 7) is 7.91. The van der Waals surface area contributed by atoms with Crippen molar-refractivity contribution in [1.29, 1.82) is 0 Å². The Hall–Kier alpha value is -0.900. The van der Waals surface area contributed by atoms with Crippen LogP contribution >= 0.6 is 0 Å². The van der Waals surface area contributed by atoms with E-state index in [0.717, 1.165) is 11.4 Å². The van der Waals surface area contributed by atoms with E-state index in [0.29, 0.717) is 12.8 Å². The molecule has 0 saturated carbocycles. The van der Waals surface area contributed by atoms with Crippen molar-refractivity contribution in [3.05, 3.63) is 11.4 Å². The van der Waals surface area contributed by atoms with Crippen LogP contribution in [-0.4, -0.2) is 21.5 Å². The van der Waals surface area contributed by atoms with Crippen molar-refractivity contribution in [2.24, 2.45) is 5.41 Å². The quantitative estimate of drug-likeness (QED) is 0.803. The second kappa shape index (κ2) is 4.09. The molecule has 0 radical (unpaired) electrons. The van der Waals surface area contributed by atoms with Gasteiger partial charge in [0, 0.05) is 0 Å². The van der Waals surface area contributed by atoms with Crippen LogP contribution in [0.5, 0.6) is 0 Å². The van der Waals surface area contributed by atoms with Gasteiger partial charge < -0.3 is 5.11 Å². The van der Waals surface area contributed by atoms with Crippen molar-refractivity contribution in [2.75, 3.05) is 0 Å². The van der Waals surface area contributed by atoms with Crippen LogP contribution in [0.4, 0.5) is 0 Å². The zero-order valence-corrected chi connectivity index (χ0v) is 9.24. The lowest BCUT2D eigenvalue weighted by atomic mass is 9.86. The monoisotopic (exact) mass is 198 g/mol. The Labute approximate surface area is 84.3 Å². The van der Waals surface area contributed by atoms with Crippen LogP contribution in [0, 0.1) is 12.3 Å². The van der Waals surface area contributed by atoms with Gasteiger partial charge in [-0.25, -0.2) is 4.63 Å². The van der Waals surface area contributed by atoms with Gasteiger partial charge in [0.2, 0.25) is 0 Å². The maximum Gasteiger partial charge on any atom is 0.108 e. The molecular weight excluding hydrogens is 180 g/mol. The van der Waals surface area contributed by atoms with Crippen molar-refractivity contribution >= 4 is 0 Å². The van der Waals surface area contributed by atoms with Gasteiger partial charge in [0.25, 0.3) is 0 Å². The first-order chi connectivity index (χ1) is 6.41. The van der Waals surface area contributed by atoms with Crippen LogP contribution in [0.15, 0.2) is 4.63 Å². The molecule has 1 aromatic rings. The van der Waals surface area contributed by atoms with E-state index < -0.39 is 0 Å². The second-order valence-corrected chi connectivity index (χ2v) is 4.72. The minimum atomic E-state index is -0.321. The molecule has 1 N–H and O–H groups in total. The van der Waals surface area contributed by atoms with Crippen molar-refractivity contribution in [2.45, 2.75) is 46.6 Å². The van der Waals surface area contributed by atoms with Crippen LogP contribution in [0.25, 0.3) is 0 Å². The van der Waals surface area contributed by atoms with E-state index in [1.807, 2.05) is 27.7 Å². The van der Waals surface area contributed by atoms with Gasteiger partial charge in [0.05, 0.1) is 6.10 Å². The van der Waals surface area contributed by atoms with Gasteiger partial charge in [-0.3, -0.25) is 0 Å². The number of aromatic nitrogens is 2. The number of aryl methyl sites for hydroxylation is 2. The molecule has 4 heteroatoms. The normalized spacial score (nSPS) is 14.4. The van der Waals surface area contributed by atoms with E-state index in [2.05, 4.69) is 14.9 Å². The SMILES string of the molecule is Cc1nonc1CCC(O)C(C)(C)C. The second-order valence-electron chi connectivity index (χ2n) is 4.72. The molecule has 4 nitrogen and oxygen atoms in total. The van der Waals surface area contributed by atoms with Gasteiger partial charge >= 0.3 is 0 Å². The predicted molar refractivity (Wildman–Crippen MR) is 52.8 cm³/mol. The first kappa shape index (κ1) is 11.2. The Balaban J connectivity index is 2.46. The lowest BCUT2D eigenvalue weighted by Crippen LogP contribution is -2.26. The highest BCUT2D eigenvalue weighted by molar-refractivity contribution is 5.04. The molecule has 0 aliphatic heterocycles. The van der Waals surface area contributed by atoms with Gasteiger partial charge in [-0.15, -0.1) is 0 Å². The molecule has 0 aromatic carbocycles. The van der Waals surface area contributed by atoms with Gasteiger partial charge in [-0.2, -0.15) is 0 Å². The number of hydrogen-bond acceptors (Lipinski definition) is 4. The molecule has 1 unspecified atom stereocenters. The number of hydrogen-bond donors (Lipinski definition) is 1. The number of rotatable bonds is 3. The minimum Gasteiger partial charge on any atom is -0.393 e. The van der Waals surface area contributed by atoms with Gasteiger partial charge in [-0.05, 0) is 25.2 Å². The fourth-order valence-electron chi connectivity index (χ4n) is 1.18. The fourth-order valence-corrected chi connectivity index (χ4v) is 1.18. The summed E-state index contributed by atoms with van der Waals surface area (Å²) >= 11 is 0. The maximum absolute atomic E-state index is 9.80. The van der Waals surface area contributed by atoms with E-state index in [1.54, 1.807) is 0 Å². The lowest BCUT2D eigenvalue weighted by Gasteiger charge is -2.25. The fraction of sp³-hybridized carbons (Fsp3) is 0.800.